The highest BCUT2D eigenvalue weighted by atomic mass is 35.5. The summed E-state index contributed by atoms with van der Waals surface area (Å²) >= 11 is 0. The summed E-state index contributed by atoms with van der Waals surface area (Å²) in [5.41, 5.74) is 1.82. The number of hydroxylamine groups is 1. The largest absolute Gasteiger partial charge is 0.317 e. The summed E-state index contributed by atoms with van der Waals surface area (Å²) in [6.07, 6.45) is 0. The maximum atomic E-state index is 7.56. The van der Waals surface area contributed by atoms with Gasteiger partial charge in [-0.25, -0.2) is 5.48 Å². The third-order valence-corrected chi connectivity index (χ3v) is 0.112. The quantitative estimate of drug-likeness (QED) is 0.458. The van der Waals surface area contributed by atoms with Gasteiger partial charge in [-0.2, -0.15) is 0 Å². The minimum absolute atomic E-state index is 0. The van der Waals surface area contributed by atoms with E-state index in [0.717, 1.165) is 0 Å². The number of hydrogen-bond donors (Lipinski definition) is 2. The van der Waals surface area contributed by atoms with Crippen molar-refractivity contribution in [1.82, 2.24) is 5.48 Å². The molecule has 0 amide bonds. The average Bonchev–Trinajstić information content (AvgIpc) is 1.37. The zero-order valence-corrected chi connectivity index (χ0v) is 3.59. The second kappa shape index (κ2) is 8.88. The maximum absolute atomic E-state index is 7.56. The van der Waals surface area contributed by atoms with Crippen LogP contribution in [0.5, 0.6) is 0 Å². The van der Waals surface area contributed by atoms with Crippen molar-refractivity contribution in [1.29, 1.82) is 0 Å². The Balaban J connectivity index is 0. The van der Waals surface area contributed by atoms with Crippen molar-refractivity contribution in [2.75, 3.05) is 6.54 Å². The first-order chi connectivity index (χ1) is 1.91. The predicted molar refractivity (Wildman–Crippen MR) is 22.4 cm³/mol. The molecule has 0 saturated carbocycles. The monoisotopic (exact) mass is 96.0 g/mol. The van der Waals surface area contributed by atoms with E-state index in [1.54, 1.807) is 0 Å². The Morgan fingerprint density at radius 3 is 2.00 bits per heavy atom. The number of nitrogens with one attached hydrogen (secondary N) is 1. The highest BCUT2D eigenvalue weighted by Gasteiger charge is 1.52. The molecule has 1 radical (unpaired) electrons. The van der Waals surface area contributed by atoms with Crippen LogP contribution in [0.1, 0.15) is 0 Å². The Morgan fingerprint density at radius 2 is 2.00 bits per heavy atom. The molecule has 0 aromatic heterocycles. The van der Waals surface area contributed by atoms with Gasteiger partial charge in [0.1, 0.15) is 0 Å². The van der Waals surface area contributed by atoms with Gasteiger partial charge >= 0.3 is 0 Å². The van der Waals surface area contributed by atoms with Gasteiger partial charge < -0.3 is 5.21 Å². The van der Waals surface area contributed by atoms with Gasteiger partial charge in [0.05, 0.1) is 0 Å². The van der Waals surface area contributed by atoms with E-state index in [2.05, 4.69) is 6.92 Å². The molecular formula is C2H7ClNO. The number of rotatable bonds is 1. The second-order valence-corrected chi connectivity index (χ2v) is 0.408. The normalized spacial score (nSPS) is 6.00. The van der Waals surface area contributed by atoms with E-state index >= 15 is 0 Å². The minimum atomic E-state index is 0. The summed E-state index contributed by atoms with van der Waals surface area (Å²) in [6, 6.07) is 0. The molecule has 0 aliphatic rings. The molecule has 0 heterocycles. The predicted octanol–water partition coefficient (Wildman–Crippen LogP) is 0.221. The average molecular weight is 96.5 g/mol. The summed E-state index contributed by atoms with van der Waals surface area (Å²) in [7, 11) is 0. The van der Waals surface area contributed by atoms with Gasteiger partial charge in [0.2, 0.25) is 0 Å². The van der Waals surface area contributed by atoms with Crippen LogP contribution >= 0.6 is 12.4 Å². The lowest BCUT2D eigenvalue weighted by atomic mass is 10.8. The molecule has 0 saturated heterocycles. The maximum Gasteiger partial charge on any atom is 0.0207 e. The fraction of sp³-hybridized carbons (Fsp3) is 0.500. The van der Waals surface area contributed by atoms with E-state index in [0.29, 0.717) is 6.54 Å². The molecule has 0 fully saturated rings. The van der Waals surface area contributed by atoms with Crippen molar-refractivity contribution >= 4 is 12.4 Å². The van der Waals surface area contributed by atoms with Gasteiger partial charge in [-0.1, -0.05) is 0 Å². The van der Waals surface area contributed by atoms with Crippen LogP contribution in [0, 0.1) is 6.92 Å². The van der Waals surface area contributed by atoms with Crippen LogP contribution in [0.15, 0.2) is 0 Å². The summed E-state index contributed by atoms with van der Waals surface area (Å²) in [5.74, 6) is 0. The molecule has 0 aromatic rings. The first kappa shape index (κ1) is 8.96. The van der Waals surface area contributed by atoms with Crippen molar-refractivity contribution in [2.24, 2.45) is 0 Å². The standard InChI is InChI=1S/C2H6NO.ClH/c1-2-3-4;/h3-4H,1-2H2;1H. The van der Waals surface area contributed by atoms with Crippen LogP contribution in [-0.4, -0.2) is 11.8 Å². The van der Waals surface area contributed by atoms with E-state index in [1.165, 1.54) is 0 Å². The van der Waals surface area contributed by atoms with Crippen LogP contribution < -0.4 is 5.48 Å². The molecule has 0 rings (SSSR count). The Bertz CT molecular complexity index is 11.6. The highest BCUT2D eigenvalue weighted by Crippen LogP contribution is 1.32. The van der Waals surface area contributed by atoms with Crippen LogP contribution in [0.25, 0.3) is 0 Å². The molecule has 2 nitrogen and oxygen atoms in total. The molecule has 0 unspecified atom stereocenters. The molecule has 0 bridgehead atoms. The third-order valence-electron chi connectivity index (χ3n) is 0.112. The zero-order valence-electron chi connectivity index (χ0n) is 2.77. The van der Waals surface area contributed by atoms with E-state index in [4.69, 9.17) is 5.21 Å². The van der Waals surface area contributed by atoms with Gasteiger partial charge in [0.25, 0.3) is 0 Å². The zero-order chi connectivity index (χ0) is 3.41. The number of hydrogen-bond acceptors (Lipinski definition) is 2. The summed E-state index contributed by atoms with van der Waals surface area (Å²) in [6.45, 7) is 3.62. The first-order valence-corrected chi connectivity index (χ1v) is 1.08. The van der Waals surface area contributed by atoms with Crippen molar-refractivity contribution in [3.8, 4) is 0 Å². The van der Waals surface area contributed by atoms with E-state index < -0.39 is 0 Å². The topological polar surface area (TPSA) is 32.3 Å². The Kier molecular flexibility index (Phi) is 15.9. The Labute approximate surface area is 37.6 Å². The lowest BCUT2D eigenvalue weighted by Crippen LogP contribution is -2.03. The van der Waals surface area contributed by atoms with Gasteiger partial charge in [0.15, 0.2) is 0 Å². The minimum Gasteiger partial charge on any atom is -0.317 e. The lowest BCUT2D eigenvalue weighted by molar-refractivity contribution is 0.179. The summed E-state index contributed by atoms with van der Waals surface area (Å²) in [4.78, 5) is 0. The molecule has 2 N–H and O–H groups in total. The van der Waals surface area contributed by atoms with E-state index in [9.17, 15) is 0 Å². The molecule has 0 atom stereocenters. The first-order valence-electron chi connectivity index (χ1n) is 1.08. The summed E-state index contributed by atoms with van der Waals surface area (Å²) < 4.78 is 0. The van der Waals surface area contributed by atoms with Crippen molar-refractivity contribution in [3.05, 3.63) is 6.92 Å². The van der Waals surface area contributed by atoms with Crippen LogP contribution in [0.3, 0.4) is 0 Å². The molecular weight excluding hydrogens is 89.5 g/mol. The van der Waals surface area contributed by atoms with E-state index in [1.807, 2.05) is 5.48 Å². The Morgan fingerprint density at radius 1 is 1.80 bits per heavy atom. The van der Waals surface area contributed by atoms with Crippen molar-refractivity contribution < 1.29 is 5.21 Å². The molecule has 0 aromatic carbocycles. The van der Waals surface area contributed by atoms with Gasteiger partial charge in [-0.15, -0.1) is 12.4 Å². The van der Waals surface area contributed by atoms with Crippen LogP contribution in [0.2, 0.25) is 0 Å². The van der Waals surface area contributed by atoms with Crippen LogP contribution in [0.4, 0.5) is 0 Å². The third kappa shape index (κ3) is 14.0. The molecule has 0 spiro atoms. The van der Waals surface area contributed by atoms with Gasteiger partial charge in [0, 0.05) is 6.54 Å². The molecule has 0 aliphatic carbocycles. The Hall–Kier alpha value is 0.210. The smallest absolute Gasteiger partial charge is 0.0207 e. The van der Waals surface area contributed by atoms with E-state index in [-0.39, 0.29) is 12.4 Å². The van der Waals surface area contributed by atoms with Gasteiger partial charge in [-0.3, -0.25) is 0 Å². The van der Waals surface area contributed by atoms with Crippen molar-refractivity contribution in [3.63, 3.8) is 0 Å². The lowest BCUT2D eigenvalue weighted by Gasteiger charge is -1.75. The summed E-state index contributed by atoms with van der Waals surface area (Å²) in [5, 5.41) is 7.56. The fourth-order valence-corrected chi connectivity index (χ4v) is 0. The van der Waals surface area contributed by atoms with Crippen molar-refractivity contribution in [2.45, 2.75) is 0 Å². The number of halogens is 1. The highest BCUT2D eigenvalue weighted by molar-refractivity contribution is 5.85. The second-order valence-electron chi connectivity index (χ2n) is 0.408. The fourth-order valence-electron chi connectivity index (χ4n) is 0. The van der Waals surface area contributed by atoms with Gasteiger partial charge in [-0.05, 0) is 6.92 Å². The molecule has 3 heteroatoms. The SMILES string of the molecule is Cl.[CH2]CNO. The van der Waals surface area contributed by atoms with Crippen LogP contribution in [-0.2, 0) is 0 Å². The molecule has 33 valence electrons. The molecule has 5 heavy (non-hydrogen) atoms. The molecule has 0 aliphatic heterocycles.